The van der Waals surface area contributed by atoms with Crippen LogP contribution in [0.1, 0.15) is 26.3 Å². The highest BCUT2D eigenvalue weighted by Crippen LogP contribution is 2.16. The van der Waals surface area contributed by atoms with Crippen LogP contribution >= 0.6 is 0 Å². The molecular weight excluding hydrogens is 160 g/mol. The molecule has 0 aliphatic heterocycles. The van der Waals surface area contributed by atoms with Crippen LogP contribution in [0.2, 0.25) is 0 Å². The van der Waals surface area contributed by atoms with Crippen LogP contribution < -0.4 is 0 Å². The fourth-order valence-electron chi connectivity index (χ4n) is 0.867. The minimum Gasteiger partial charge on any atom is -0.241 e. The van der Waals surface area contributed by atoms with Crippen LogP contribution in [0.15, 0.2) is 23.3 Å². The average Bonchev–Trinajstić information content (AvgIpc) is 2.01. The molecule has 0 aliphatic carbocycles. The van der Waals surface area contributed by atoms with E-state index in [4.69, 9.17) is 0 Å². The van der Waals surface area contributed by atoms with E-state index >= 15 is 0 Å². The van der Waals surface area contributed by atoms with Crippen molar-refractivity contribution in [2.75, 3.05) is 0 Å². The zero-order chi connectivity index (χ0) is 9.90. The summed E-state index contributed by atoms with van der Waals surface area (Å²) in [5, 5.41) is 0. The van der Waals surface area contributed by atoms with E-state index in [1.54, 1.807) is 6.20 Å². The van der Waals surface area contributed by atoms with E-state index in [-0.39, 0.29) is 5.41 Å². The van der Waals surface area contributed by atoms with E-state index in [1.165, 1.54) is 0 Å². The smallest absolute Gasteiger partial charge is 0.154 e. The van der Waals surface area contributed by atoms with Crippen molar-refractivity contribution in [2.45, 2.75) is 27.7 Å². The van der Waals surface area contributed by atoms with Crippen molar-refractivity contribution in [3.05, 3.63) is 23.9 Å². The second-order valence-corrected chi connectivity index (χ2v) is 4.27. The molecular formula is C11H16N2. The van der Waals surface area contributed by atoms with Gasteiger partial charge in [-0.15, -0.1) is 0 Å². The van der Waals surface area contributed by atoms with Gasteiger partial charge in [-0.3, -0.25) is 0 Å². The summed E-state index contributed by atoms with van der Waals surface area (Å²) in [6, 6.07) is 3.94. The topological polar surface area (TPSA) is 25.2 Å². The number of hydrogen-bond donors (Lipinski definition) is 0. The lowest BCUT2D eigenvalue weighted by Gasteiger charge is -2.09. The monoisotopic (exact) mass is 176 g/mol. The Kier molecular flexibility index (Phi) is 2.81. The van der Waals surface area contributed by atoms with Crippen molar-refractivity contribution in [3.8, 4) is 0 Å². The summed E-state index contributed by atoms with van der Waals surface area (Å²) in [6.45, 7) is 8.38. The SMILES string of the molecule is Cc1cccnc1/N=C/C(C)(C)C. The Morgan fingerprint density at radius 3 is 2.62 bits per heavy atom. The van der Waals surface area contributed by atoms with Crippen LogP contribution in [0.5, 0.6) is 0 Å². The molecule has 0 fully saturated rings. The highest BCUT2D eigenvalue weighted by molar-refractivity contribution is 5.68. The molecule has 1 rings (SSSR count). The van der Waals surface area contributed by atoms with Gasteiger partial charge in [0, 0.05) is 12.4 Å². The molecule has 2 heteroatoms. The number of aryl methyl sites for hydroxylation is 1. The van der Waals surface area contributed by atoms with E-state index in [0.717, 1.165) is 11.4 Å². The number of aliphatic imine (C=N–C) groups is 1. The first-order valence-corrected chi connectivity index (χ1v) is 4.46. The molecule has 70 valence electrons. The van der Waals surface area contributed by atoms with Gasteiger partial charge >= 0.3 is 0 Å². The Balaban J connectivity index is 2.86. The average molecular weight is 176 g/mol. The Hall–Kier alpha value is -1.18. The quantitative estimate of drug-likeness (QED) is 0.603. The molecule has 1 aromatic heterocycles. The lowest BCUT2D eigenvalue weighted by atomic mass is 9.99. The third-order valence-electron chi connectivity index (χ3n) is 1.56. The number of pyridine rings is 1. The van der Waals surface area contributed by atoms with Crippen LogP contribution in [0.25, 0.3) is 0 Å². The number of rotatable bonds is 1. The molecule has 0 radical (unpaired) electrons. The van der Waals surface area contributed by atoms with Crippen molar-refractivity contribution in [2.24, 2.45) is 10.4 Å². The van der Waals surface area contributed by atoms with Gasteiger partial charge < -0.3 is 0 Å². The number of nitrogens with zero attached hydrogens (tertiary/aromatic N) is 2. The molecule has 0 saturated carbocycles. The highest BCUT2D eigenvalue weighted by Gasteiger charge is 2.05. The van der Waals surface area contributed by atoms with Crippen LogP contribution in [0, 0.1) is 12.3 Å². The minimum absolute atomic E-state index is 0.115. The maximum atomic E-state index is 4.34. The molecule has 0 amide bonds. The van der Waals surface area contributed by atoms with Gasteiger partial charge in [0.2, 0.25) is 0 Å². The summed E-state index contributed by atoms with van der Waals surface area (Å²) in [5.74, 6) is 0.817. The minimum atomic E-state index is 0.115. The predicted octanol–water partition coefficient (Wildman–Crippen LogP) is 3.14. The summed E-state index contributed by atoms with van der Waals surface area (Å²) >= 11 is 0. The molecule has 0 unspecified atom stereocenters. The molecule has 0 spiro atoms. The van der Waals surface area contributed by atoms with Crippen LogP contribution in [0.3, 0.4) is 0 Å². The van der Waals surface area contributed by atoms with Gasteiger partial charge in [-0.2, -0.15) is 0 Å². The molecule has 1 aromatic rings. The molecule has 0 aromatic carbocycles. The Bertz CT molecular complexity index is 308. The summed E-state index contributed by atoms with van der Waals surface area (Å²) in [7, 11) is 0. The van der Waals surface area contributed by atoms with E-state index in [2.05, 4.69) is 30.7 Å². The van der Waals surface area contributed by atoms with Crippen LogP contribution in [-0.2, 0) is 0 Å². The highest BCUT2D eigenvalue weighted by atomic mass is 14.9. The van der Waals surface area contributed by atoms with Gasteiger partial charge in [0.15, 0.2) is 5.82 Å². The predicted molar refractivity (Wildman–Crippen MR) is 56.6 cm³/mol. The Labute approximate surface area is 79.7 Å². The Morgan fingerprint density at radius 1 is 1.38 bits per heavy atom. The van der Waals surface area contributed by atoms with Crippen molar-refractivity contribution in [1.29, 1.82) is 0 Å². The standard InChI is InChI=1S/C11H16N2/c1-9-6-5-7-12-10(9)13-8-11(2,3)4/h5-8H,1-4H3/b13-8+. The number of aromatic nitrogens is 1. The first-order chi connectivity index (χ1) is 5.99. The van der Waals surface area contributed by atoms with Gasteiger partial charge in [-0.25, -0.2) is 9.98 Å². The summed E-state index contributed by atoms with van der Waals surface area (Å²) in [6.07, 6.45) is 3.70. The third kappa shape index (κ3) is 3.36. The lowest BCUT2D eigenvalue weighted by molar-refractivity contribution is 0.607. The molecule has 2 nitrogen and oxygen atoms in total. The molecule has 13 heavy (non-hydrogen) atoms. The van der Waals surface area contributed by atoms with Gasteiger partial charge in [-0.1, -0.05) is 26.8 Å². The van der Waals surface area contributed by atoms with E-state index in [9.17, 15) is 0 Å². The fourth-order valence-corrected chi connectivity index (χ4v) is 0.867. The van der Waals surface area contributed by atoms with E-state index in [0.29, 0.717) is 0 Å². The molecule has 0 aliphatic rings. The fraction of sp³-hybridized carbons (Fsp3) is 0.455. The Morgan fingerprint density at radius 2 is 2.08 bits per heavy atom. The molecule has 0 bridgehead atoms. The lowest BCUT2D eigenvalue weighted by Crippen LogP contribution is -2.05. The maximum Gasteiger partial charge on any atom is 0.154 e. The summed E-state index contributed by atoms with van der Waals surface area (Å²) < 4.78 is 0. The van der Waals surface area contributed by atoms with Crippen LogP contribution in [0.4, 0.5) is 5.82 Å². The molecule has 0 N–H and O–H groups in total. The van der Waals surface area contributed by atoms with Crippen LogP contribution in [-0.4, -0.2) is 11.2 Å². The van der Waals surface area contributed by atoms with Gasteiger partial charge in [0.1, 0.15) is 0 Å². The summed E-state index contributed by atoms with van der Waals surface area (Å²) in [4.78, 5) is 8.52. The number of hydrogen-bond acceptors (Lipinski definition) is 2. The molecule has 0 atom stereocenters. The van der Waals surface area contributed by atoms with Gasteiger partial charge in [0.05, 0.1) is 0 Å². The molecule has 0 saturated heterocycles. The third-order valence-corrected chi connectivity index (χ3v) is 1.56. The zero-order valence-electron chi connectivity index (χ0n) is 8.70. The van der Waals surface area contributed by atoms with Gasteiger partial charge in [-0.05, 0) is 24.0 Å². The van der Waals surface area contributed by atoms with Gasteiger partial charge in [0.25, 0.3) is 0 Å². The van der Waals surface area contributed by atoms with E-state index in [1.807, 2.05) is 25.3 Å². The van der Waals surface area contributed by atoms with Crippen molar-refractivity contribution in [3.63, 3.8) is 0 Å². The first kappa shape index (κ1) is 9.90. The van der Waals surface area contributed by atoms with E-state index < -0.39 is 0 Å². The maximum absolute atomic E-state index is 4.34. The van der Waals surface area contributed by atoms with Crippen molar-refractivity contribution in [1.82, 2.24) is 4.98 Å². The summed E-state index contributed by atoms with van der Waals surface area (Å²) in [5.41, 5.74) is 1.23. The zero-order valence-corrected chi connectivity index (χ0v) is 8.70. The van der Waals surface area contributed by atoms with Crippen molar-refractivity contribution >= 4 is 12.0 Å². The second-order valence-electron chi connectivity index (χ2n) is 4.27. The largest absolute Gasteiger partial charge is 0.241 e. The second kappa shape index (κ2) is 3.69. The van der Waals surface area contributed by atoms with Crippen molar-refractivity contribution < 1.29 is 0 Å². The first-order valence-electron chi connectivity index (χ1n) is 4.46. The normalized spacial score (nSPS) is 12.3. The molecule has 1 heterocycles.